The van der Waals surface area contributed by atoms with Crippen molar-refractivity contribution in [1.29, 1.82) is 0 Å². The van der Waals surface area contributed by atoms with Crippen LogP contribution in [0.1, 0.15) is 40.2 Å². The van der Waals surface area contributed by atoms with E-state index in [1.165, 1.54) is 0 Å². The van der Waals surface area contributed by atoms with Crippen molar-refractivity contribution in [2.24, 2.45) is 5.73 Å². The molecule has 4 nitrogen and oxygen atoms in total. The molecule has 1 amide bonds. The second kappa shape index (κ2) is 5.56. The van der Waals surface area contributed by atoms with Gasteiger partial charge in [-0.3, -0.25) is 4.79 Å². The summed E-state index contributed by atoms with van der Waals surface area (Å²) in [7, 11) is 0. The second-order valence-electron chi connectivity index (χ2n) is 6.29. The molecule has 24 heavy (non-hydrogen) atoms. The highest BCUT2D eigenvalue weighted by Gasteiger charge is 2.31. The Morgan fingerprint density at radius 3 is 2.75 bits per heavy atom. The van der Waals surface area contributed by atoms with Gasteiger partial charge in [0.15, 0.2) is 5.15 Å². The highest BCUT2D eigenvalue weighted by molar-refractivity contribution is 6.34. The molecule has 1 aromatic heterocycles. The molecule has 1 fully saturated rings. The fourth-order valence-electron chi connectivity index (χ4n) is 3.33. The second-order valence-corrected chi connectivity index (χ2v) is 6.65. The monoisotopic (exact) mass is 337 g/mol. The largest absolute Gasteiger partial charge is 0.366 e. The lowest BCUT2D eigenvalue weighted by molar-refractivity contribution is 0.0999. The van der Waals surface area contributed by atoms with Gasteiger partial charge in [0.1, 0.15) is 0 Å². The predicted molar refractivity (Wildman–Crippen MR) is 95.2 cm³/mol. The van der Waals surface area contributed by atoms with Gasteiger partial charge in [0.05, 0.1) is 6.20 Å². The molecule has 120 valence electrons. The van der Waals surface area contributed by atoms with Gasteiger partial charge in [-0.25, -0.2) is 0 Å². The van der Waals surface area contributed by atoms with Crippen LogP contribution in [0, 0.1) is 6.92 Å². The van der Waals surface area contributed by atoms with Gasteiger partial charge in [-0.2, -0.15) is 5.10 Å². The molecule has 1 aliphatic rings. The van der Waals surface area contributed by atoms with E-state index in [1.807, 2.05) is 24.3 Å². The zero-order valence-electron chi connectivity index (χ0n) is 13.2. The van der Waals surface area contributed by atoms with Crippen molar-refractivity contribution < 1.29 is 4.79 Å². The summed E-state index contributed by atoms with van der Waals surface area (Å²) in [6, 6.07) is 9.83. The third-order valence-corrected chi connectivity index (χ3v) is 4.89. The number of rotatable bonds is 3. The maximum atomic E-state index is 11.9. The van der Waals surface area contributed by atoms with Gasteiger partial charge in [-0.15, -0.1) is 5.10 Å². The first-order valence-electron chi connectivity index (χ1n) is 7.91. The molecule has 0 bridgehead atoms. The molecule has 1 heterocycles. The number of aryl methyl sites for hydroxylation is 1. The molecule has 3 aromatic rings. The van der Waals surface area contributed by atoms with Gasteiger partial charge in [0, 0.05) is 16.3 Å². The van der Waals surface area contributed by atoms with Crippen LogP contribution in [0.4, 0.5) is 0 Å². The van der Waals surface area contributed by atoms with Crippen molar-refractivity contribution >= 4 is 28.3 Å². The number of aromatic nitrogens is 2. The number of hydrogen-bond acceptors (Lipinski definition) is 3. The molecule has 0 radical (unpaired) electrons. The predicted octanol–water partition coefficient (Wildman–Crippen LogP) is 4.23. The first-order valence-corrected chi connectivity index (χ1v) is 8.28. The number of carbonyl (C=O) groups is 1. The minimum absolute atomic E-state index is 0.368. The summed E-state index contributed by atoms with van der Waals surface area (Å²) in [6.45, 7) is 2.06. The van der Waals surface area contributed by atoms with Crippen LogP contribution in [0.5, 0.6) is 0 Å². The summed E-state index contributed by atoms with van der Waals surface area (Å²) in [5, 5.41) is 9.99. The van der Waals surface area contributed by atoms with Crippen LogP contribution in [-0.4, -0.2) is 16.1 Å². The molecular weight excluding hydrogens is 322 g/mol. The number of carbonyl (C=O) groups excluding carboxylic acids is 1. The van der Waals surface area contributed by atoms with E-state index >= 15 is 0 Å². The topological polar surface area (TPSA) is 68.9 Å². The van der Waals surface area contributed by atoms with Gasteiger partial charge >= 0.3 is 0 Å². The van der Waals surface area contributed by atoms with Crippen molar-refractivity contribution in [3.05, 3.63) is 58.4 Å². The Hall–Kier alpha value is -2.46. The Kier molecular flexibility index (Phi) is 3.50. The molecule has 5 heteroatoms. The highest BCUT2D eigenvalue weighted by atomic mass is 35.5. The van der Waals surface area contributed by atoms with Crippen molar-refractivity contribution in [2.75, 3.05) is 0 Å². The molecule has 0 saturated heterocycles. The third kappa shape index (κ3) is 2.43. The Morgan fingerprint density at radius 1 is 1.25 bits per heavy atom. The van der Waals surface area contributed by atoms with Gasteiger partial charge in [-0.1, -0.05) is 29.8 Å². The summed E-state index contributed by atoms with van der Waals surface area (Å²) in [6.07, 6.45) is 3.90. The first kappa shape index (κ1) is 15.1. The molecule has 1 saturated carbocycles. The molecule has 0 unspecified atom stereocenters. The van der Waals surface area contributed by atoms with E-state index in [1.54, 1.807) is 6.20 Å². The zero-order valence-corrected chi connectivity index (χ0v) is 14.0. The van der Waals surface area contributed by atoms with Crippen LogP contribution in [-0.2, 0) is 0 Å². The lowest BCUT2D eigenvalue weighted by Crippen LogP contribution is -2.14. The van der Waals surface area contributed by atoms with Crippen LogP contribution in [0.3, 0.4) is 0 Å². The fraction of sp³-hybridized carbons (Fsp3) is 0.211. The number of halogens is 1. The molecule has 2 aromatic carbocycles. The minimum atomic E-state index is -0.368. The van der Waals surface area contributed by atoms with Crippen LogP contribution < -0.4 is 5.73 Å². The van der Waals surface area contributed by atoms with Gasteiger partial charge in [-0.05, 0) is 60.1 Å². The van der Waals surface area contributed by atoms with Crippen LogP contribution in [0.2, 0.25) is 5.15 Å². The van der Waals surface area contributed by atoms with Crippen molar-refractivity contribution in [1.82, 2.24) is 10.2 Å². The first-order chi connectivity index (χ1) is 11.6. The molecule has 2 N–H and O–H groups in total. The summed E-state index contributed by atoms with van der Waals surface area (Å²) in [5.74, 6) is 0.0464. The average molecular weight is 338 g/mol. The van der Waals surface area contributed by atoms with Crippen molar-refractivity contribution in [2.45, 2.75) is 25.7 Å². The number of primary amides is 1. The Morgan fingerprint density at radius 2 is 2.04 bits per heavy atom. The number of hydrogen-bond donors (Lipinski definition) is 1. The molecule has 0 atom stereocenters. The quantitative estimate of drug-likeness (QED) is 0.777. The molecule has 0 aliphatic heterocycles. The van der Waals surface area contributed by atoms with E-state index in [2.05, 4.69) is 23.2 Å². The van der Waals surface area contributed by atoms with E-state index in [4.69, 9.17) is 17.3 Å². The molecule has 4 rings (SSSR count). The SMILES string of the molecule is Cc1ccc(C(N)=O)c(C2CC2)c1-c1ccc2c(Cl)nncc2c1. The van der Waals surface area contributed by atoms with Crippen molar-refractivity contribution in [3.8, 4) is 11.1 Å². The number of fused-ring (bicyclic) bond motifs is 1. The molecule has 1 aliphatic carbocycles. The van der Waals surface area contributed by atoms with Crippen LogP contribution in [0.25, 0.3) is 21.9 Å². The smallest absolute Gasteiger partial charge is 0.249 e. The summed E-state index contributed by atoms with van der Waals surface area (Å²) in [5.41, 5.74) is 10.6. The molecular formula is C19H16ClN3O. The van der Waals surface area contributed by atoms with E-state index in [9.17, 15) is 4.79 Å². The number of nitrogens with two attached hydrogens (primary N) is 1. The third-order valence-electron chi connectivity index (χ3n) is 4.61. The zero-order chi connectivity index (χ0) is 16.8. The van der Waals surface area contributed by atoms with Gasteiger partial charge < -0.3 is 5.73 Å². The Labute approximate surface area is 144 Å². The lowest BCUT2D eigenvalue weighted by atomic mass is 9.88. The summed E-state index contributed by atoms with van der Waals surface area (Å²) in [4.78, 5) is 11.9. The summed E-state index contributed by atoms with van der Waals surface area (Å²) < 4.78 is 0. The van der Waals surface area contributed by atoms with Crippen LogP contribution in [0.15, 0.2) is 36.5 Å². The van der Waals surface area contributed by atoms with E-state index in [0.29, 0.717) is 16.6 Å². The Bertz CT molecular complexity index is 980. The number of nitrogens with zero attached hydrogens (tertiary/aromatic N) is 2. The lowest BCUT2D eigenvalue weighted by Gasteiger charge is -2.16. The standard InChI is InChI=1S/C19H16ClN3O/c1-10-2-6-15(19(21)24)17(11-3-4-11)16(10)12-5-7-14-13(8-12)9-22-23-18(14)20/h2,5-9,11H,3-4H2,1H3,(H2,21,24). The summed E-state index contributed by atoms with van der Waals surface area (Å²) >= 11 is 6.11. The van der Waals surface area contributed by atoms with E-state index in [0.717, 1.165) is 45.9 Å². The van der Waals surface area contributed by atoms with Gasteiger partial charge in [0.25, 0.3) is 0 Å². The van der Waals surface area contributed by atoms with E-state index < -0.39 is 0 Å². The molecule has 0 spiro atoms. The van der Waals surface area contributed by atoms with Gasteiger partial charge in [0.2, 0.25) is 5.91 Å². The maximum Gasteiger partial charge on any atom is 0.249 e. The average Bonchev–Trinajstić information content (AvgIpc) is 3.39. The Balaban J connectivity index is 1.99. The minimum Gasteiger partial charge on any atom is -0.366 e. The number of amides is 1. The highest BCUT2D eigenvalue weighted by Crippen LogP contribution is 2.47. The van der Waals surface area contributed by atoms with Crippen LogP contribution >= 0.6 is 11.6 Å². The fourth-order valence-corrected chi connectivity index (χ4v) is 3.55. The maximum absolute atomic E-state index is 11.9. The normalized spacial score (nSPS) is 14.1. The number of benzene rings is 2. The van der Waals surface area contributed by atoms with E-state index in [-0.39, 0.29) is 5.91 Å². The van der Waals surface area contributed by atoms with Crippen molar-refractivity contribution in [3.63, 3.8) is 0 Å².